The molecule has 0 saturated heterocycles. The molecule has 4 rings (SSSR count). The number of hydrogen-bond acceptors (Lipinski definition) is 3. The van der Waals surface area contributed by atoms with Crippen LogP contribution in [0.1, 0.15) is 46.8 Å². The zero-order valence-electron chi connectivity index (χ0n) is 16.7. The predicted octanol–water partition coefficient (Wildman–Crippen LogP) is 4.20. The van der Waals surface area contributed by atoms with Gasteiger partial charge in [-0.15, -0.1) is 0 Å². The first-order valence-electron chi connectivity index (χ1n) is 10.2. The van der Waals surface area contributed by atoms with E-state index < -0.39 is 5.91 Å². The number of H-pyrrole nitrogens is 1. The van der Waals surface area contributed by atoms with E-state index in [1.165, 1.54) is 39.4 Å². The number of carbonyl (C=O) groups excluding carboxylic acids is 1. The van der Waals surface area contributed by atoms with E-state index in [9.17, 15) is 4.79 Å². The van der Waals surface area contributed by atoms with Crippen LogP contribution >= 0.6 is 0 Å². The van der Waals surface area contributed by atoms with Gasteiger partial charge >= 0.3 is 0 Å². The lowest BCUT2D eigenvalue weighted by atomic mass is 9.86. The van der Waals surface area contributed by atoms with E-state index in [2.05, 4.69) is 53.6 Å². The van der Waals surface area contributed by atoms with Crippen LogP contribution in [0, 0.1) is 6.92 Å². The van der Waals surface area contributed by atoms with Gasteiger partial charge in [-0.3, -0.25) is 10.0 Å². The van der Waals surface area contributed by atoms with Gasteiger partial charge in [0.25, 0.3) is 5.91 Å². The SMILES string of the molecule is Cc1[nH]c2ccccc2c1CCNC1CCCc2cc(/C=C/C(=O)NO)ccc21. The van der Waals surface area contributed by atoms with Crippen LogP contribution in [-0.2, 0) is 17.6 Å². The highest BCUT2D eigenvalue weighted by Gasteiger charge is 2.20. The highest BCUT2D eigenvalue weighted by molar-refractivity contribution is 5.90. The minimum absolute atomic E-state index is 0.364. The number of benzene rings is 2. The van der Waals surface area contributed by atoms with Gasteiger partial charge in [0, 0.05) is 28.7 Å². The molecule has 150 valence electrons. The van der Waals surface area contributed by atoms with E-state index in [1.807, 2.05) is 6.07 Å². The molecule has 1 heterocycles. The maximum Gasteiger partial charge on any atom is 0.267 e. The Labute approximate surface area is 170 Å². The van der Waals surface area contributed by atoms with Crippen molar-refractivity contribution in [2.45, 2.75) is 38.6 Å². The summed E-state index contributed by atoms with van der Waals surface area (Å²) in [6, 6.07) is 15.2. The summed E-state index contributed by atoms with van der Waals surface area (Å²) in [5.74, 6) is -0.519. The van der Waals surface area contributed by atoms with Crippen LogP contribution in [0.3, 0.4) is 0 Å². The van der Waals surface area contributed by atoms with E-state index in [4.69, 9.17) is 5.21 Å². The molecule has 0 aliphatic heterocycles. The Bertz CT molecular complexity index is 1050. The lowest BCUT2D eigenvalue weighted by Crippen LogP contribution is -2.27. The van der Waals surface area contributed by atoms with Gasteiger partial charge in [0.1, 0.15) is 0 Å². The van der Waals surface area contributed by atoms with Crippen molar-refractivity contribution in [3.63, 3.8) is 0 Å². The lowest BCUT2D eigenvalue weighted by molar-refractivity contribution is -0.124. The average Bonchev–Trinajstić information content (AvgIpc) is 3.07. The van der Waals surface area contributed by atoms with Crippen LogP contribution in [0.5, 0.6) is 0 Å². The van der Waals surface area contributed by atoms with Crippen molar-refractivity contribution in [2.75, 3.05) is 6.54 Å². The second kappa shape index (κ2) is 8.64. The molecule has 1 amide bonds. The van der Waals surface area contributed by atoms with E-state index in [0.29, 0.717) is 6.04 Å². The molecular weight excluding hydrogens is 362 g/mol. The van der Waals surface area contributed by atoms with Crippen LogP contribution in [0.4, 0.5) is 0 Å². The van der Waals surface area contributed by atoms with Crippen molar-refractivity contribution in [3.8, 4) is 0 Å². The van der Waals surface area contributed by atoms with E-state index in [-0.39, 0.29) is 0 Å². The number of aryl methyl sites for hydroxylation is 2. The van der Waals surface area contributed by atoms with Crippen molar-refractivity contribution in [3.05, 3.63) is 76.5 Å². The summed E-state index contributed by atoms with van der Waals surface area (Å²) in [4.78, 5) is 14.7. The molecule has 0 fully saturated rings. The van der Waals surface area contributed by atoms with E-state index in [1.54, 1.807) is 11.6 Å². The minimum atomic E-state index is -0.519. The maximum absolute atomic E-state index is 11.2. The monoisotopic (exact) mass is 389 g/mol. The van der Waals surface area contributed by atoms with Crippen LogP contribution in [0.15, 0.2) is 48.5 Å². The average molecular weight is 389 g/mol. The summed E-state index contributed by atoms with van der Waals surface area (Å²) < 4.78 is 0. The smallest absolute Gasteiger partial charge is 0.267 e. The molecule has 2 aromatic carbocycles. The zero-order valence-corrected chi connectivity index (χ0v) is 16.7. The summed E-state index contributed by atoms with van der Waals surface area (Å²) in [5, 5.41) is 13.7. The number of hydrogen-bond donors (Lipinski definition) is 4. The van der Waals surface area contributed by atoms with Gasteiger partial charge in [-0.1, -0.05) is 36.4 Å². The van der Waals surface area contributed by atoms with Crippen molar-refractivity contribution < 1.29 is 10.0 Å². The molecule has 0 bridgehead atoms. The van der Waals surface area contributed by atoms with Crippen molar-refractivity contribution >= 4 is 22.9 Å². The predicted molar refractivity (Wildman–Crippen MR) is 116 cm³/mol. The molecule has 3 aromatic rings. The lowest BCUT2D eigenvalue weighted by Gasteiger charge is -2.27. The van der Waals surface area contributed by atoms with Crippen LogP contribution in [0.25, 0.3) is 17.0 Å². The molecule has 1 aliphatic rings. The number of amides is 1. The Hall–Kier alpha value is -2.89. The molecular formula is C24H27N3O2. The Morgan fingerprint density at radius 2 is 2.14 bits per heavy atom. The second-order valence-corrected chi connectivity index (χ2v) is 7.69. The molecule has 5 nitrogen and oxygen atoms in total. The molecule has 1 unspecified atom stereocenters. The standard InChI is InChI=1S/C24H27N3O2/c1-16-19(21-6-2-3-7-23(21)26-16)13-14-25-22-8-4-5-18-15-17(9-11-20(18)22)10-12-24(28)27-29/h2-3,6-7,9-12,15,22,25-26,29H,4-5,8,13-14H2,1H3,(H,27,28)/b12-10+. The van der Waals surface area contributed by atoms with Gasteiger partial charge in [0.2, 0.25) is 0 Å². The Kier molecular flexibility index (Phi) is 5.79. The Morgan fingerprint density at radius 3 is 3.00 bits per heavy atom. The summed E-state index contributed by atoms with van der Waals surface area (Å²) >= 11 is 0. The quantitative estimate of drug-likeness (QED) is 0.290. The van der Waals surface area contributed by atoms with Gasteiger partial charge in [0.05, 0.1) is 0 Å². The molecule has 0 spiro atoms. The topological polar surface area (TPSA) is 77.2 Å². The summed E-state index contributed by atoms with van der Waals surface area (Å²) in [5.41, 5.74) is 9.14. The number of carbonyl (C=O) groups is 1. The van der Waals surface area contributed by atoms with Crippen molar-refractivity contribution in [1.82, 2.24) is 15.8 Å². The van der Waals surface area contributed by atoms with Crippen LogP contribution in [0.2, 0.25) is 0 Å². The number of rotatable bonds is 6. The molecule has 1 aromatic heterocycles. The zero-order chi connectivity index (χ0) is 20.2. The number of aromatic amines is 1. The fourth-order valence-electron chi connectivity index (χ4n) is 4.39. The molecule has 1 atom stereocenters. The first kappa shape index (κ1) is 19.4. The third-order valence-corrected chi connectivity index (χ3v) is 5.81. The van der Waals surface area contributed by atoms with E-state index >= 15 is 0 Å². The summed E-state index contributed by atoms with van der Waals surface area (Å²) in [6.45, 7) is 3.09. The van der Waals surface area contributed by atoms with Gasteiger partial charge < -0.3 is 10.3 Å². The molecule has 29 heavy (non-hydrogen) atoms. The first-order chi connectivity index (χ1) is 14.2. The second-order valence-electron chi connectivity index (χ2n) is 7.69. The molecule has 1 aliphatic carbocycles. The Balaban J connectivity index is 1.44. The third-order valence-electron chi connectivity index (χ3n) is 5.81. The van der Waals surface area contributed by atoms with Crippen molar-refractivity contribution in [1.29, 1.82) is 0 Å². The van der Waals surface area contributed by atoms with Gasteiger partial charge in [-0.25, -0.2) is 5.48 Å². The summed E-state index contributed by atoms with van der Waals surface area (Å²) in [6.07, 6.45) is 7.41. The van der Waals surface area contributed by atoms with Gasteiger partial charge in [-0.05, 0) is 73.5 Å². The minimum Gasteiger partial charge on any atom is -0.358 e. The molecule has 0 saturated carbocycles. The van der Waals surface area contributed by atoms with Gasteiger partial charge in [0.15, 0.2) is 0 Å². The highest BCUT2D eigenvalue weighted by atomic mass is 16.5. The van der Waals surface area contributed by atoms with Crippen LogP contribution < -0.4 is 10.8 Å². The number of hydroxylamine groups is 1. The summed E-state index contributed by atoms with van der Waals surface area (Å²) in [7, 11) is 0. The molecule has 5 heteroatoms. The van der Waals surface area contributed by atoms with Crippen LogP contribution in [-0.4, -0.2) is 22.6 Å². The third kappa shape index (κ3) is 4.26. The van der Waals surface area contributed by atoms with E-state index in [0.717, 1.165) is 37.8 Å². The maximum atomic E-state index is 11.2. The molecule has 0 radical (unpaired) electrons. The fraction of sp³-hybridized carbons (Fsp3) is 0.292. The number of nitrogens with one attached hydrogen (secondary N) is 3. The fourth-order valence-corrected chi connectivity index (χ4v) is 4.39. The number of fused-ring (bicyclic) bond motifs is 2. The normalized spacial score (nSPS) is 16.3. The highest BCUT2D eigenvalue weighted by Crippen LogP contribution is 2.31. The first-order valence-corrected chi connectivity index (χ1v) is 10.2. The number of aromatic nitrogens is 1. The number of para-hydroxylation sites is 1. The van der Waals surface area contributed by atoms with Crippen molar-refractivity contribution in [2.24, 2.45) is 0 Å². The van der Waals surface area contributed by atoms with Gasteiger partial charge in [-0.2, -0.15) is 0 Å². The Morgan fingerprint density at radius 1 is 1.28 bits per heavy atom. The largest absolute Gasteiger partial charge is 0.358 e. The molecule has 4 N–H and O–H groups in total.